The molecule has 18 heavy (non-hydrogen) atoms. The molecule has 0 radical (unpaired) electrons. The minimum Gasteiger partial charge on any atom is -0.381 e. The fourth-order valence-electron chi connectivity index (χ4n) is 1.57. The largest absolute Gasteiger partial charge is 0.381 e. The van der Waals surface area contributed by atoms with E-state index in [2.05, 4.69) is 27.2 Å². The van der Waals surface area contributed by atoms with E-state index in [4.69, 9.17) is 6.42 Å². The number of anilines is 1. The lowest BCUT2D eigenvalue weighted by Gasteiger charge is -2.07. The third kappa shape index (κ3) is 3.12. The minimum absolute atomic E-state index is 0.258. The number of benzene rings is 2. The molecule has 90 valence electrons. The van der Waals surface area contributed by atoms with Crippen LogP contribution in [0.3, 0.4) is 0 Å². The molecule has 1 nitrogen and oxygen atoms in total. The Kier molecular flexibility index (Phi) is 4.01. The summed E-state index contributed by atoms with van der Waals surface area (Å²) < 4.78 is 13.8. The van der Waals surface area contributed by atoms with Crippen LogP contribution in [0.15, 0.2) is 46.9 Å². The van der Waals surface area contributed by atoms with Gasteiger partial charge in [-0.1, -0.05) is 18.1 Å². The molecule has 2 aromatic carbocycles. The monoisotopic (exact) mass is 303 g/mol. The van der Waals surface area contributed by atoms with E-state index in [1.54, 1.807) is 6.07 Å². The molecule has 0 aliphatic carbocycles. The molecule has 0 atom stereocenters. The molecule has 1 N–H and O–H groups in total. The molecule has 3 heteroatoms. The van der Waals surface area contributed by atoms with E-state index in [0.717, 1.165) is 16.8 Å². The Bertz CT molecular complexity index is 602. The van der Waals surface area contributed by atoms with Gasteiger partial charge in [0.25, 0.3) is 0 Å². The summed E-state index contributed by atoms with van der Waals surface area (Å²) in [5, 5.41) is 3.20. The molecule has 0 aliphatic rings. The van der Waals surface area contributed by atoms with Crippen LogP contribution in [0.1, 0.15) is 11.1 Å². The van der Waals surface area contributed by atoms with Gasteiger partial charge in [-0.25, -0.2) is 4.39 Å². The minimum atomic E-state index is -0.258. The first kappa shape index (κ1) is 12.7. The molecule has 0 fully saturated rings. The number of hydrogen-bond donors (Lipinski definition) is 1. The maximum Gasteiger partial charge on any atom is 0.137 e. The van der Waals surface area contributed by atoms with Crippen LogP contribution in [0.2, 0.25) is 0 Å². The van der Waals surface area contributed by atoms with Crippen LogP contribution in [0.4, 0.5) is 10.1 Å². The number of hydrogen-bond acceptors (Lipinski definition) is 1. The summed E-state index contributed by atoms with van der Waals surface area (Å²) in [4.78, 5) is 0. The zero-order valence-electron chi connectivity index (χ0n) is 9.58. The topological polar surface area (TPSA) is 12.0 Å². The Morgan fingerprint density at radius 3 is 2.78 bits per heavy atom. The number of nitrogens with one attached hydrogen (secondary N) is 1. The highest BCUT2D eigenvalue weighted by molar-refractivity contribution is 9.10. The van der Waals surface area contributed by atoms with E-state index in [1.807, 2.05) is 30.3 Å². The van der Waals surface area contributed by atoms with Crippen LogP contribution in [0.25, 0.3) is 0 Å². The molecule has 0 saturated carbocycles. The fraction of sp³-hybridized carbons (Fsp3) is 0.0667. The molecule has 0 aliphatic heterocycles. The number of terminal acetylenes is 1. The Morgan fingerprint density at radius 1 is 1.22 bits per heavy atom. The Labute approximate surface area is 114 Å². The second-order valence-corrected chi connectivity index (χ2v) is 4.68. The Morgan fingerprint density at radius 2 is 2.06 bits per heavy atom. The normalized spacial score (nSPS) is 9.83. The second-order valence-electron chi connectivity index (χ2n) is 3.83. The number of rotatable bonds is 3. The van der Waals surface area contributed by atoms with Gasteiger partial charge in [-0.05, 0) is 51.8 Å². The highest BCUT2D eigenvalue weighted by Crippen LogP contribution is 2.17. The van der Waals surface area contributed by atoms with Crippen molar-refractivity contribution in [3.8, 4) is 12.3 Å². The highest BCUT2D eigenvalue weighted by Gasteiger charge is 2.00. The van der Waals surface area contributed by atoms with Gasteiger partial charge in [0.05, 0.1) is 4.47 Å². The van der Waals surface area contributed by atoms with Crippen LogP contribution >= 0.6 is 15.9 Å². The van der Waals surface area contributed by atoms with Crippen molar-refractivity contribution in [2.24, 2.45) is 0 Å². The van der Waals surface area contributed by atoms with Gasteiger partial charge < -0.3 is 5.32 Å². The number of halogens is 2. The zero-order chi connectivity index (χ0) is 13.0. The van der Waals surface area contributed by atoms with Crippen molar-refractivity contribution in [3.05, 3.63) is 63.9 Å². The van der Waals surface area contributed by atoms with E-state index < -0.39 is 0 Å². The Hall–Kier alpha value is -1.79. The lowest BCUT2D eigenvalue weighted by Crippen LogP contribution is -2.00. The van der Waals surface area contributed by atoms with Gasteiger partial charge in [-0.3, -0.25) is 0 Å². The van der Waals surface area contributed by atoms with Gasteiger partial charge in [0.2, 0.25) is 0 Å². The molecule has 0 unspecified atom stereocenters. The maximum atomic E-state index is 13.3. The first-order valence-corrected chi connectivity index (χ1v) is 6.23. The first-order valence-electron chi connectivity index (χ1n) is 5.43. The van der Waals surface area contributed by atoms with E-state index in [0.29, 0.717) is 11.0 Å². The third-order valence-electron chi connectivity index (χ3n) is 2.51. The van der Waals surface area contributed by atoms with Crippen LogP contribution in [0, 0.1) is 18.2 Å². The SMILES string of the molecule is C#Cc1cccc(NCc2ccc(Br)c(F)c2)c1. The fourth-order valence-corrected chi connectivity index (χ4v) is 1.82. The van der Waals surface area contributed by atoms with Crippen molar-refractivity contribution >= 4 is 21.6 Å². The molecule has 0 heterocycles. The lowest BCUT2D eigenvalue weighted by molar-refractivity contribution is 0.619. The maximum absolute atomic E-state index is 13.3. The van der Waals surface area contributed by atoms with Crippen LogP contribution in [-0.4, -0.2) is 0 Å². The van der Waals surface area contributed by atoms with Gasteiger partial charge in [-0.15, -0.1) is 6.42 Å². The third-order valence-corrected chi connectivity index (χ3v) is 3.15. The van der Waals surface area contributed by atoms with Gasteiger partial charge in [0.15, 0.2) is 0 Å². The van der Waals surface area contributed by atoms with Crippen LogP contribution in [-0.2, 0) is 6.54 Å². The van der Waals surface area contributed by atoms with E-state index in [9.17, 15) is 4.39 Å². The summed E-state index contributed by atoms with van der Waals surface area (Å²) in [5.74, 6) is 2.32. The van der Waals surface area contributed by atoms with Crippen molar-refractivity contribution in [2.75, 3.05) is 5.32 Å². The molecule has 0 spiro atoms. The summed E-state index contributed by atoms with van der Waals surface area (Å²) >= 11 is 3.13. The molecular formula is C15H11BrFN. The summed E-state index contributed by atoms with van der Waals surface area (Å²) in [6, 6.07) is 12.6. The highest BCUT2D eigenvalue weighted by atomic mass is 79.9. The standard InChI is InChI=1S/C15H11BrFN/c1-2-11-4-3-5-13(8-11)18-10-12-6-7-14(16)15(17)9-12/h1,3-9,18H,10H2. The average Bonchev–Trinajstić information content (AvgIpc) is 2.40. The van der Waals surface area contributed by atoms with Crippen LogP contribution in [0.5, 0.6) is 0 Å². The van der Waals surface area contributed by atoms with Gasteiger partial charge in [-0.2, -0.15) is 0 Å². The quantitative estimate of drug-likeness (QED) is 0.839. The average molecular weight is 304 g/mol. The van der Waals surface area contributed by atoms with Gasteiger partial charge in [0.1, 0.15) is 5.82 Å². The molecule has 2 rings (SSSR count). The smallest absolute Gasteiger partial charge is 0.137 e. The Balaban J connectivity index is 2.07. The second kappa shape index (κ2) is 5.70. The summed E-state index contributed by atoms with van der Waals surface area (Å²) in [7, 11) is 0. The molecular weight excluding hydrogens is 293 g/mol. The van der Waals surface area contributed by atoms with Crippen molar-refractivity contribution in [1.82, 2.24) is 0 Å². The molecule has 0 amide bonds. The first-order chi connectivity index (χ1) is 8.69. The molecule has 0 saturated heterocycles. The molecule has 0 bridgehead atoms. The van der Waals surface area contributed by atoms with Crippen molar-refractivity contribution in [2.45, 2.75) is 6.54 Å². The summed E-state index contributed by atoms with van der Waals surface area (Å²) in [6.45, 7) is 0.554. The van der Waals surface area contributed by atoms with Crippen molar-refractivity contribution in [1.29, 1.82) is 0 Å². The summed E-state index contributed by atoms with van der Waals surface area (Å²) in [6.07, 6.45) is 5.33. The predicted molar refractivity (Wildman–Crippen MR) is 75.8 cm³/mol. The van der Waals surface area contributed by atoms with Crippen molar-refractivity contribution in [3.63, 3.8) is 0 Å². The summed E-state index contributed by atoms with van der Waals surface area (Å²) in [5.41, 5.74) is 2.62. The van der Waals surface area contributed by atoms with Gasteiger partial charge >= 0.3 is 0 Å². The predicted octanol–water partition coefficient (Wildman–Crippen LogP) is 4.18. The zero-order valence-corrected chi connectivity index (χ0v) is 11.2. The molecule has 2 aromatic rings. The van der Waals surface area contributed by atoms with Crippen LogP contribution < -0.4 is 5.32 Å². The van der Waals surface area contributed by atoms with Gasteiger partial charge in [0, 0.05) is 17.8 Å². The van der Waals surface area contributed by atoms with E-state index in [1.165, 1.54) is 6.07 Å². The van der Waals surface area contributed by atoms with E-state index in [-0.39, 0.29) is 5.82 Å². The molecule has 0 aromatic heterocycles. The van der Waals surface area contributed by atoms with E-state index >= 15 is 0 Å². The van der Waals surface area contributed by atoms with Crippen molar-refractivity contribution < 1.29 is 4.39 Å². The lowest BCUT2D eigenvalue weighted by atomic mass is 10.2.